The summed E-state index contributed by atoms with van der Waals surface area (Å²) in [6.45, 7) is 40.5. The summed E-state index contributed by atoms with van der Waals surface area (Å²) >= 11 is 3.33. The van der Waals surface area contributed by atoms with Crippen molar-refractivity contribution in [1.29, 1.82) is 0 Å². The number of halogens is 1. The molecule has 5 atom stereocenters. The molecule has 0 radical (unpaired) electrons. The Bertz CT molecular complexity index is 3720. The maximum Gasteiger partial charge on any atom is 0.343 e. The molecule has 4 amide bonds. The minimum absolute atomic E-state index is 0.00463. The number of esters is 8. The molecule has 30 nitrogen and oxygen atoms in total. The van der Waals surface area contributed by atoms with E-state index in [1.54, 1.807) is 118 Å². The Kier molecular flexibility index (Phi) is 75.0. The minimum Gasteiger partial charge on any atom is -0.484 e. The third kappa shape index (κ3) is 68.3. The fourth-order valence-corrected chi connectivity index (χ4v) is 9.05. The van der Waals surface area contributed by atoms with Gasteiger partial charge in [-0.3, -0.25) is 62.3 Å². The van der Waals surface area contributed by atoms with E-state index in [2.05, 4.69) is 77.3 Å². The van der Waals surface area contributed by atoms with Crippen LogP contribution < -0.4 is 30.7 Å². The van der Waals surface area contributed by atoms with E-state index in [4.69, 9.17) is 24.1 Å². The summed E-state index contributed by atoms with van der Waals surface area (Å²) in [4.78, 5) is 152. The van der Waals surface area contributed by atoms with Crippen molar-refractivity contribution >= 4 is 98.9 Å². The average Bonchev–Trinajstić information content (AvgIpc) is 0.880. The number of aliphatic hydroxyl groups is 1. The van der Waals surface area contributed by atoms with Crippen molar-refractivity contribution < 1.29 is 124 Å². The predicted molar refractivity (Wildman–Crippen MR) is 500 cm³/mol. The Morgan fingerprint density at radius 3 is 1.03 bits per heavy atom. The number of Topliss-reactive ketones (excluding diaryl/α,β-unsaturated/α-hetero) is 2. The van der Waals surface area contributed by atoms with Gasteiger partial charge in [-0.25, -0.2) is 4.79 Å². The number of methoxy groups -OCH3 is 6. The van der Waals surface area contributed by atoms with E-state index in [0.717, 1.165) is 5.56 Å². The molecule has 0 bridgehead atoms. The normalized spacial score (nSPS) is 11.2. The Balaban J connectivity index is -0.000000324. The second kappa shape index (κ2) is 75.1. The third-order valence-electron chi connectivity index (χ3n) is 16.5. The third-order valence-corrected chi connectivity index (χ3v) is 17.6. The van der Waals surface area contributed by atoms with Gasteiger partial charge in [0.05, 0.1) is 71.7 Å². The molecule has 5 unspecified atom stereocenters. The molecule has 5 aromatic carbocycles. The highest BCUT2D eigenvalue weighted by Crippen LogP contribution is 2.26. The van der Waals surface area contributed by atoms with E-state index in [0.29, 0.717) is 41.4 Å². The van der Waals surface area contributed by atoms with Crippen LogP contribution in [0.25, 0.3) is 0 Å². The standard InChI is InChI=1S/C13H17NO3.C13H16O4.C11H13BrO2.C11H15NO.C11H14O2.C8H16O4.C8H14O4.C6H13NO.C6H12O2.C5H11NO.C5H10O2/c1-9(2)13(16)10-4-6-11(7-5-10)17-8-12(15)14-3;1-9(2)13(15)10-4-6-11(7-5-10)17-8-12(14)16-3;1-8(10(12)11(13)14-2)9-6-4-3-5-7-9;1-9(8-11(13)12-2)10-6-4-3-5-7-10;1-9(8-11(12)13-2)10-6-4-3-5-7-10;1-6(2)8(10)12-5-7(9)4-11-3;1-6(2)8(10)12-5-4-11-7(3)9;1-6(2,3)5(8)7-4;1-6(2,3)5(7)8-4;1-4(2)5(7)6-3;1-4(2)5(6)7-3/h4-7,9H,8H2,1-3H3,(H,14,15);4-7,9H,8H2,1-3H3;3-8,10H,1-2H3;3-7,9H,8H2,1-2H3,(H,12,13);3-7,9H,8H2,1-2H3;6-7,9H,4-5H2,1-3H3;6H,4-5H2,1-3H3;1-4H3,(H,7,8);1-4H3;4H,1-3H3,(H,6,7);4H,1-3H3. The molecular weight excluding hydrogens is 1720 g/mol. The first-order chi connectivity index (χ1) is 59.7. The van der Waals surface area contributed by atoms with Gasteiger partial charge < -0.3 is 78.5 Å². The van der Waals surface area contributed by atoms with Crippen molar-refractivity contribution in [1.82, 2.24) is 21.3 Å². The summed E-state index contributed by atoms with van der Waals surface area (Å²) < 4.78 is 51.7. The summed E-state index contributed by atoms with van der Waals surface area (Å²) in [6, 6.07) is 43.4. The van der Waals surface area contributed by atoms with Gasteiger partial charge in [0.1, 0.15) is 42.3 Å². The van der Waals surface area contributed by atoms with Crippen LogP contribution in [0.4, 0.5) is 0 Å². The molecule has 0 aliphatic carbocycles. The van der Waals surface area contributed by atoms with Gasteiger partial charge in [-0.15, -0.1) is 0 Å². The molecule has 0 aromatic heterocycles. The molecule has 0 aliphatic heterocycles. The average molecular weight is 1870 g/mol. The van der Waals surface area contributed by atoms with Gasteiger partial charge in [-0.1, -0.05) is 232 Å². The topological polar surface area (TPSA) is 409 Å². The first kappa shape index (κ1) is 128. The lowest BCUT2D eigenvalue weighted by atomic mass is 9.96. The van der Waals surface area contributed by atoms with Crippen molar-refractivity contribution in [2.75, 3.05) is 110 Å². The second-order valence-electron chi connectivity index (χ2n) is 31.9. The van der Waals surface area contributed by atoms with Crippen LogP contribution in [-0.2, 0) is 100 Å². The maximum atomic E-state index is 11.7. The molecule has 31 heteroatoms. The van der Waals surface area contributed by atoms with E-state index in [-0.39, 0.29) is 180 Å². The second-order valence-corrected chi connectivity index (χ2v) is 32.9. The van der Waals surface area contributed by atoms with Crippen molar-refractivity contribution in [2.45, 2.75) is 194 Å². The fourth-order valence-electron chi connectivity index (χ4n) is 8.56. The lowest BCUT2D eigenvalue weighted by Gasteiger charge is -2.16. The van der Waals surface area contributed by atoms with Gasteiger partial charge in [0, 0.05) is 88.9 Å². The van der Waals surface area contributed by atoms with Gasteiger partial charge >= 0.3 is 47.8 Å². The molecule has 5 N–H and O–H groups in total. The van der Waals surface area contributed by atoms with E-state index in [9.17, 15) is 67.1 Å². The SMILES string of the molecule is CC(=O)OCCOC(=O)C(C)C.CNC(=O)C(C)(C)C.CNC(=O)C(C)C.CNC(=O)CC(C)c1ccccc1.CNC(=O)COc1ccc(C(=O)C(C)C)cc1.COC(=O)C(Br)C(C)c1ccccc1.COC(=O)C(C)(C)C.COC(=O)C(C)C.COC(=O)CC(C)c1ccccc1.COC(=O)COc1ccc(C(=O)C(C)C)cc1.COCC(O)COC(=O)C(C)C. The van der Waals surface area contributed by atoms with Crippen molar-refractivity contribution in [3.63, 3.8) is 0 Å². The summed E-state index contributed by atoms with van der Waals surface area (Å²) in [5, 5.41) is 19.3. The molecule has 0 saturated heterocycles. The quantitative estimate of drug-likeness (QED) is 0.00937. The lowest BCUT2D eigenvalue weighted by molar-refractivity contribution is -0.153. The van der Waals surface area contributed by atoms with Gasteiger partial charge in [0.25, 0.3) is 5.91 Å². The lowest BCUT2D eigenvalue weighted by Crippen LogP contribution is -2.31. The first-order valence-electron chi connectivity index (χ1n) is 41.9. The summed E-state index contributed by atoms with van der Waals surface area (Å²) in [5.74, 6) is -0.288. The Morgan fingerprint density at radius 2 is 0.750 bits per heavy atom. The zero-order chi connectivity index (χ0) is 100. The monoisotopic (exact) mass is 1870 g/mol. The number of hydrogen-bond donors (Lipinski definition) is 5. The number of ether oxygens (including phenoxy) is 11. The number of nitrogens with one attached hydrogen (secondary N) is 4. The molecule has 128 heavy (non-hydrogen) atoms. The number of amides is 4. The minimum atomic E-state index is -0.724. The van der Waals surface area contributed by atoms with Crippen molar-refractivity contribution in [3.05, 3.63) is 167 Å². The van der Waals surface area contributed by atoms with Crippen LogP contribution in [-0.4, -0.2) is 209 Å². The van der Waals surface area contributed by atoms with Gasteiger partial charge in [0.15, 0.2) is 24.8 Å². The number of hydrogen-bond acceptors (Lipinski definition) is 26. The Labute approximate surface area is 770 Å². The first-order valence-corrected chi connectivity index (χ1v) is 42.8. The van der Waals surface area contributed by atoms with Gasteiger partial charge in [-0.2, -0.15) is 0 Å². The van der Waals surface area contributed by atoms with Crippen LogP contribution >= 0.6 is 15.9 Å². The predicted octanol–water partition coefficient (Wildman–Crippen LogP) is 14.9. The van der Waals surface area contributed by atoms with Crippen molar-refractivity contribution in [2.24, 2.45) is 46.3 Å². The van der Waals surface area contributed by atoms with E-state index >= 15 is 0 Å². The number of benzene rings is 5. The zero-order valence-electron chi connectivity index (χ0n) is 81.8. The van der Waals surface area contributed by atoms with Crippen LogP contribution in [0.1, 0.15) is 220 Å². The van der Waals surface area contributed by atoms with Gasteiger partial charge in [0.2, 0.25) is 17.7 Å². The molecule has 0 fully saturated rings. The number of carbonyl (C=O) groups is 14. The Morgan fingerprint density at radius 1 is 0.375 bits per heavy atom. The van der Waals surface area contributed by atoms with Crippen LogP contribution in [0.5, 0.6) is 11.5 Å². The number of likely N-dealkylation sites (N-methyl/N-ethyl adjacent to an activating group) is 1. The zero-order valence-corrected chi connectivity index (χ0v) is 83.4. The van der Waals surface area contributed by atoms with E-state index < -0.39 is 12.1 Å². The van der Waals surface area contributed by atoms with Crippen LogP contribution in [0, 0.1) is 46.3 Å². The molecule has 0 spiro atoms. The summed E-state index contributed by atoms with van der Waals surface area (Å²) in [7, 11) is 14.9. The van der Waals surface area contributed by atoms with Crippen molar-refractivity contribution in [3.8, 4) is 11.5 Å². The molecule has 5 aromatic rings. The fraction of sp³-hybridized carbons (Fsp3) is 0.546. The van der Waals surface area contributed by atoms with Crippen LogP contribution in [0.15, 0.2) is 140 Å². The number of carbonyl (C=O) groups excluding carboxylic acids is 14. The Hall–Kier alpha value is -10.9. The molecule has 0 heterocycles. The maximum absolute atomic E-state index is 11.7. The highest BCUT2D eigenvalue weighted by Gasteiger charge is 2.25. The summed E-state index contributed by atoms with van der Waals surface area (Å²) in [5.41, 5.74) is 4.22. The number of aliphatic hydroxyl groups excluding tert-OH is 1. The number of rotatable bonds is 30. The molecule has 0 saturated carbocycles. The summed E-state index contributed by atoms with van der Waals surface area (Å²) in [6.07, 6.45) is 0.277. The molecule has 5 rings (SSSR count). The smallest absolute Gasteiger partial charge is 0.343 e. The van der Waals surface area contributed by atoms with E-state index in [1.165, 1.54) is 60.7 Å². The van der Waals surface area contributed by atoms with E-state index in [1.807, 2.05) is 188 Å². The highest BCUT2D eigenvalue weighted by molar-refractivity contribution is 9.10. The van der Waals surface area contributed by atoms with Crippen LogP contribution in [0.2, 0.25) is 0 Å². The number of ketones is 2. The van der Waals surface area contributed by atoms with Crippen LogP contribution in [0.3, 0.4) is 0 Å². The molecular formula is C97H151BrN4O26. The highest BCUT2D eigenvalue weighted by atomic mass is 79.9. The van der Waals surface area contributed by atoms with Gasteiger partial charge in [-0.05, 0) is 97.8 Å². The molecule has 0 aliphatic rings. The largest absolute Gasteiger partial charge is 0.484 e. The number of alkyl halides is 1. The molecule has 722 valence electrons.